The number of allylic oxidation sites excluding steroid dienone is 1. The first-order chi connectivity index (χ1) is 3.41. The highest BCUT2D eigenvalue weighted by Gasteiger charge is 1.67. The Bertz CT molecular complexity index is 68.5. The molecule has 0 saturated heterocycles. The molecule has 7 heavy (non-hydrogen) atoms. The Hall–Kier alpha value is -0.630. The zero-order valence-electron chi connectivity index (χ0n) is 4.13. The van der Waals surface area contributed by atoms with Crippen LogP contribution >= 0.6 is 0 Å². The number of carbonyl (C=O) groups is 1. The predicted molar refractivity (Wildman–Crippen MR) is 28.9 cm³/mol. The van der Waals surface area contributed by atoms with Gasteiger partial charge in [0.05, 0.1) is 0 Å². The van der Waals surface area contributed by atoms with Gasteiger partial charge in [0.1, 0.15) is 6.29 Å². The lowest BCUT2D eigenvalue weighted by Gasteiger charge is -1.77. The molecule has 40 valence electrons. The molecule has 0 bridgehead atoms. The summed E-state index contributed by atoms with van der Waals surface area (Å²) in [4.78, 5) is 9.55. The Morgan fingerprint density at radius 2 is 2.29 bits per heavy atom. The largest absolute Gasteiger partial charge is 0.330 e. The van der Waals surface area contributed by atoms with Gasteiger partial charge in [-0.2, -0.15) is 0 Å². The first kappa shape index (κ1) is 6.37. The van der Waals surface area contributed by atoms with E-state index >= 15 is 0 Å². The van der Waals surface area contributed by atoms with Crippen molar-refractivity contribution in [3.05, 3.63) is 12.2 Å². The van der Waals surface area contributed by atoms with Gasteiger partial charge in [-0.3, -0.25) is 4.79 Å². The van der Waals surface area contributed by atoms with E-state index in [1.165, 1.54) is 6.08 Å². The molecule has 2 N–H and O–H groups in total. The second-order valence-corrected chi connectivity index (χ2v) is 1.14. The summed E-state index contributed by atoms with van der Waals surface area (Å²) in [5.74, 6) is 0. The minimum Gasteiger partial charge on any atom is -0.330 e. The van der Waals surface area contributed by atoms with Gasteiger partial charge < -0.3 is 5.73 Å². The van der Waals surface area contributed by atoms with Crippen molar-refractivity contribution >= 4 is 6.29 Å². The molecule has 0 spiro atoms. The molecule has 0 saturated carbocycles. The molecule has 0 aromatic carbocycles. The first-order valence-corrected chi connectivity index (χ1v) is 2.22. The van der Waals surface area contributed by atoms with Crippen LogP contribution in [-0.2, 0) is 4.79 Å². The van der Waals surface area contributed by atoms with Crippen LogP contribution in [0.4, 0.5) is 0 Å². The van der Waals surface area contributed by atoms with Crippen LogP contribution in [0, 0.1) is 0 Å². The highest BCUT2D eigenvalue weighted by atomic mass is 16.1. The SMILES string of the molecule is NCC/C=C/C=O. The Labute approximate surface area is 43.0 Å². The molecule has 0 radical (unpaired) electrons. The zero-order valence-corrected chi connectivity index (χ0v) is 4.13. The summed E-state index contributed by atoms with van der Waals surface area (Å²) in [5, 5.41) is 0. The third-order valence-corrected chi connectivity index (χ3v) is 0.548. The van der Waals surface area contributed by atoms with Crippen molar-refractivity contribution < 1.29 is 4.79 Å². The van der Waals surface area contributed by atoms with Crippen molar-refractivity contribution in [1.82, 2.24) is 0 Å². The molecule has 0 heterocycles. The minimum absolute atomic E-state index is 0.615. The van der Waals surface area contributed by atoms with E-state index in [-0.39, 0.29) is 0 Å². The van der Waals surface area contributed by atoms with E-state index in [2.05, 4.69) is 0 Å². The Kier molecular flexibility index (Phi) is 4.89. The third-order valence-electron chi connectivity index (χ3n) is 0.548. The van der Waals surface area contributed by atoms with Gasteiger partial charge in [0, 0.05) is 0 Å². The lowest BCUT2D eigenvalue weighted by molar-refractivity contribution is -0.104. The average Bonchev–Trinajstić information content (AvgIpc) is 1.69. The first-order valence-electron chi connectivity index (χ1n) is 2.22. The number of nitrogens with two attached hydrogens (primary N) is 1. The van der Waals surface area contributed by atoms with Gasteiger partial charge in [0.2, 0.25) is 0 Å². The van der Waals surface area contributed by atoms with Crippen molar-refractivity contribution in [2.24, 2.45) is 5.73 Å². The van der Waals surface area contributed by atoms with Gasteiger partial charge >= 0.3 is 0 Å². The summed E-state index contributed by atoms with van der Waals surface area (Å²) < 4.78 is 0. The van der Waals surface area contributed by atoms with Crippen molar-refractivity contribution in [2.45, 2.75) is 6.42 Å². The molecule has 0 fully saturated rings. The molecule has 2 nitrogen and oxygen atoms in total. The minimum atomic E-state index is 0.615. The summed E-state index contributed by atoms with van der Waals surface area (Å²) >= 11 is 0. The molecular formula is C5H9NO. The van der Waals surface area contributed by atoms with Crippen LogP contribution < -0.4 is 5.73 Å². The average molecular weight is 99.1 g/mol. The van der Waals surface area contributed by atoms with E-state index in [0.29, 0.717) is 6.54 Å². The summed E-state index contributed by atoms with van der Waals surface area (Å²) in [6.45, 7) is 0.615. The number of hydrogen-bond acceptors (Lipinski definition) is 2. The predicted octanol–water partition coefficient (Wildman–Crippen LogP) is 0.0903. The number of hydrogen-bond donors (Lipinski definition) is 1. The van der Waals surface area contributed by atoms with Crippen LogP contribution in [0.15, 0.2) is 12.2 Å². The summed E-state index contributed by atoms with van der Waals surface area (Å²) in [5.41, 5.74) is 5.10. The lowest BCUT2D eigenvalue weighted by Crippen LogP contribution is -1.94. The maximum Gasteiger partial charge on any atom is 0.142 e. The molecular weight excluding hydrogens is 90.1 g/mol. The van der Waals surface area contributed by atoms with Crippen LogP contribution in [-0.4, -0.2) is 12.8 Å². The normalized spacial score (nSPS) is 9.86. The van der Waals surface area contributed by atoms with Crippen molar-refractivity contribution in [3.8, 4) is 0 Å². The smallest absolute Gasteiger partial charge is 0.142 e. The second-order valence-electron chi connectivity index (χ2n) is 1.14. The highest BCUT2D eigenvalue weighted by molar-refractivity contribution is 5.64. The molecule has 2 heteroatoms. The summed E-state index contributed by atoms with van der Waals surface area (Å²) in [6, 6.07) is 0. The van der Waals surface area contributed by atoms with Gasteiger partial charge in [-0.1, -0.05) is 6.08 Å². The van der Waals surface area contributed by atoms with Gasteiger partial charge in [0.15, 0.2) is 0 Å². The van der Waals surface area contributed by atoms with Crippen molar-refractivity contribution in [2.75, 3.05) is 6.54 Å². The maximum atomic E-state index is 9.55. The van der Waals surface area contributed by atoms with Gasteiger partial charge in [-0.05, 0) is 19.0 Å². The monoisotopic (exact) mass is 99.1 g/mol. The molecule has 0 aromatic rings. The van der Waals surface area contributed by atoms with Crippen LogP contribution in [0.1, 0.15) is 6.42 Å². The van der Waals surface area contributed by atoms with E-state index in [9.17, 15) is 4.79 Å². The quantitative estimate of drug-likeness (QED) is 0.402. The molecule has 0 unspecified atom stereocenters. The van der Waals surface area contributed by atoms with E-state index < -0.39 is 0 Å². The van der Waals surface area contributed by atoms with Crippen molar-refractivity contribution in [3.63, 3.8) is 0 Å². The third kappa shape index (κ3) is 5.37. The van der Waals surface area contributed by atoms with E-state index in [1.54, 1.807) is 6.08 Å². The summed E-state index contributed by atoms with van der Waals surface area (Å²) in [7, 11) is 0. The Balaban J connectivity index is 2.92. The highest BCUT2D eigenvalue weighted by Crippen LogP contribution is 1.73. The molecule has 0 aromatic heterocycles. The molecule has 0 amide bonds. The van der Waals surface area contributed by atoms with Crippen molar-refractivity contribution in [1.29, 1.82) is 0 Å². The van der Waals surface area contributed by atoms with E-state index in [4.69, 9.17) is 5.73 Å². The number of aldehydes is 1. The lowest BCUT2D eigenvalue weighted by atomic mass is 10.4. The van der Waals surface area contributed by atoms with Gasteiger partial charge in [-0.15, -0.1) is 0 Å². The molecule has 0 aliphatic heterocycles. The topological polar surface area (TPSA) is 43.1 Å². The summed E-state index contributed by atoms with van der Waals surface area (Å²) in [6.07, 6.45) is 4.73. The Morgan fingerprint density at radius 1 is 1.57 bits per heavy atom. The van der Waals surface area contributed by atoms with Gasteiger partial charge in [0.25, 0.3) is 0 Å². The van der Waals surface area contributed by atoms with Gasteiger partial charge in [-0.25, -0.2) is 0 Å². The van der Waals surface area contributed by atoms with Crippen LogP contribution in [0.5, 0.6) is 0 Å². The van der Waals surface area contributed by atoms with Crippen LogP contribution in [0.3, 0.4) is 0 Å². The second kappa shape index (κ2) is 5.37. The number of rotatable bonds is 3. The maximum absolute atomic E-state index is 9.55. The fourth-order valence-corrected chi connectivity index (χ4v) is 0.248. The standard InChI is InChI=1S/C5H9NO/c6-4-2-1-3-5-7/h1,3,5H,2,4,6H2/b3-1+. The molecule has 0 aliphatic rings. The number of carbonyl (C=O) groups excluding carboxylic acids is 1. The van der Waals surface area contributed by atoms with Crippen LogP contribution in [0.25, 0.3) is 0 Å². The fourth-order valence-electron chi connectivity index (χ4n) is 0.248. The molecule has 0 atom stereocenters. The van der Waals surface area contributed by atoms with E-state index in [1.807, 2.05) is 0 Å². The Morgan fingerprint density at radius 3 is 2.71 bits per heavy atom. The molecule has 0 aliphatic carbocycles. The van der Waals surface area contributed by atoms with E-state index in [0.717, 1.165) is 12.7 Å². The van der Waals surface area contributed by atoms with Crippen LogP contribution in [0.2, 0.25) is 0 Å². The fraction of sp³-hybridized carbons (Fsp3) is 0.400. The zero-order chi connectivity index (χ0) is 5.54. The molecule has 0 rings (SSSR count).